The molecule has 0 unspecified atom stereocenters. The van der Waals surface area contributed by atoms with Gasteiger partial charge in [-0.05, 0) is 19.3 Å². The van der Waals surface area contributed by atoms with E-state index in [0.29, 0.717) is 17.8 Å². The van der Waals surface area contributed by atoms with E-state index in [2.05, 4.69) is 27.5 Å². The Kier molecular flexibility index (Phi) is 4.12. The lowest BCUT2D eigenvalue weighted by atomic mass is 10.2. The van der Waals surface area contributed by atoms with Crippen molar-refractivity contribution < 1.29 is 4.39 Å². The number of aromatic nitrogens is 2. The van der Waals surface area contributed by atoms with Crippen LogP contribution in [0.15, 0.2) is 6.20 Å². The van der Waals surface area contributed by atoms with Gasteiger partial charge in [-0.15, -0.1) is 0 Å². The van der Waals surface area contributed by atoms with Crippen LogP contribution in [-0.4, -0.2) is 22.6 Å². The number of nitrogens with one attached hydrogen (secondary N) is 2. The minimum absolute atomic E-state index is 0.325. The summed E-state index contributed by atoms with van der Waals surface area (Å²) in [5, 5.41) is 6.22. The van der Waals surface area contributed by atoms with Gasteiger partial charge in [0.15, 0.2) is 11.6 Å². The fourth-order valence-electron chi connectivity index (χ4n) is 2.05. The fourth-order valence-corrected chi connectivity index (χ4v) is 2.05. The predicted molar refractivity (Wildman–Crippen MR) is 66.6 cm³/mol. The van der Waals surface area contributed by atoms with Crippen molar-refractivity contribution in [3.63, 3.8) is 0 Å². The molecule has 94 valence electrons. The molecule has 1 aromatic rings. The SMILES string of the molecule is CCCNc1ncc(F)c(NC2CCCC2)n1. The van der Waals surface area contributed by atoms with Gasteiger partial charge in [-0.2, -0.15) is 4.98 Å². The van der Waals surface area contributed by atoms with Gasteiger partial charge in [0.2, 0.25) is 5.95 Å². The highest BCUT2D eigenvalue weighted by atomic mass is 19.1. The van der Waals surface area contributed by atoms with E-state index in [4.69, 9.17) is 0 Å². The van der Waals surface area contributed by atoms with E-state index in [0.717, 1.165) is 25.8 Å². The van der Waals surface area contributed by atoms with Crippen molar-refractivity contribution in [1.29, 1.82) is 0 Å². The van der Waals surface area contributed by atoms with E-state index in [1.165, 1.54) is 19.0 Å². The normalized spacial score (nSPS) is 16.1. The van der Waals surface area contributed by atoms with Crippen LogP contribution in [0.3, 0.4) is 0 Å². The van der Waals surface area contributed by atoms with Crippen LogP contribution in [0, 0.1) is 5.82 Å². The van der Waals surface area contributed by atoms with Crippen LogP contribution in [0.25, 0.3) is 0 Å². The van der Waals surface area contributed by atoms with Crippen LogP contribution in [-0.2, 0) is 0 Å². The summed E-state index contributed by atoms with van der Waals surface area (Å²) in [5.41, 5.74) is 0. The first-order valence-corrected chi connectivity index (χ1v) is 6.32. The summed E-state index contributed by atoms with van der Waals surface area (Å²) in [6.07, 6.45) is 6.84. The van der Waals surface area contributed by atoms with Crippen LogP contribution in [0.2, 0.25) is 0 Å². The van der Waals surface area contributed by atoms with Crippen molar-refractivity contribution in [3.8, 4) is 0 Å². The molecule has 0 aromatic carbocycles. The third kappa shape index (κ3) is 3.28. The Morgan fingerprint density at radius 2 is 2.18 bits per heavy atom. The number of rotatable bonds is 5. The number of nitrogens with zero attached hydrogens (tertiary/aromatic N) is 2. The first kappa shape index (κ1) is 12.1. The summed E-state index contributed by atoms with van der Waals surface area (Å²) in [7, 11) is 0. The Bertz CT molecular complexity index is 364. The molecular weight excluding hydrogens is 219 g/mol. The van der Waals surface area contributed by atoms with Crippen molar-refractivity contribution in [2.45, 2.75) is 45.1 Å². The van der Waals surface area contributed by atoms with E-state index >= 15 is 0 Å². The molecular formula is C12H19FN4. The Hall–Kier alpha value is -1.39. The lowest BCUT2D eigenvalue weighted by Crippen LogP contribution is -2.17. The third-order valence-electron chi connectivity index (χ3n) is 2.97. The summed E-state index contributed by atoms with van der Waals surface area (Å²) < 4.78 is 13.5. The second kappa shape index (κ2) is 5.80. The first-order chi connectivity index (χ1) is 8.29. The number of hydrogen-bond acceptors (Lipinski definition) is 4. The zero-order chi connectivity index (χ0) is 12.1. The molecule has 1 heterocycles. The summed E-state index contributed by atoms with van der Waals surface area (Å²) in [4.78, 5) is 8.08. The molecule has 5 heteroatoms. The summed E-state index contributed by atoms with van der Waals surface area (Å²) >= 11 is 0. The molecule has 17 heavy (non-hydrogen) atoms. The summed E-state index contributed by atoms with van der Waals surface area (Å²) in [6, 6.07) is 0.360. The smallest absolute Gasteiger partial charge is 0.224 e. The van der Waals surface area contributed by atoms with Crippen LogP contribution in [0.5, 0.6) is 0 Å². The topological polar surface area (TPSA) is 49.8 Å². The summed E-state index contributed by atoms with van der Waals surface area (Å²) in [6.45, 7) is 2.86. The molecule has 0 saturated heterocycles. The maximum absolute atomic E-state index is 13.5. The molecule has 4 nitrogen and oxygen atoms in total. The highest BCUT2D eigenvalue weighted by Gasteiger charge is 2.17. The molecule has 1 aliphatic rings. The summed E-state index contributed by atoms with van der Waals surface area (Å²) in [5.74, 6) is 0.443. The zero-order valence-electron chi connectivity index (χ0n) is 10.2. The van der Waals surface area contributed by atoms with Crippen molar-refractivity contribution in [2.75, 3.05) is 17.2 Å². The molecule has 1 aliphatic carbocycles. The minimum Gasteiger partial charge on any atom is -0.365 e. The van der Waals surface area contributed by atoms with Gasteiger partial charge >= 0.3 is 0 Å². The second-order valence-corrected chi connectivity index (χ2v) is 4.44. The van der Waals surface area contributed by atoms with Gasteiger partial charge in [-0.25, -0.2) is 9.37 Å². The third-order valence-corrected chi connectivity index (χ3v) is 2.97. The van der Waals surface area contributed by atoms with Crippen molar-refractivity contribution >= 4 is 11.8 Å². The van der Waals surface area contributed by atoms with Gasteiger partial charge in [0.1, 0.15) is 0 Å². The quantitative estimate of drug-likeness (QED) is 0.828. The fraction of sp³-hybridized carbons (Fsp3) is 0.667. The zero-order valence-corrected chi connectivity index (χ0v) is 10.2. The molecule has 2 rings (SSSR count). The maximum atomic E-state index is 13.5. The first-order valence-electron chi connectivity index (χ1n) is 6.32. The van der Waals surface area contributed by atoms with Crippen LogP contribution in [0.4, 0.5) is 16.2 Å². The Morgan fingerprint density at radius 3 is 2.88 bits per heavy atom. The molecule has 0 spiro atoms. The van der Waals surface area contributed by atoms with Gasteiger partial charge in [0.05, 0.1) is 6.20 Å². The Labute approximate surface area is 101 Å². The van der Waals surface area contributed by atoms with Crippen molar-refractivity contribution in [2.24, 2.45) is 0 Å². The largest absolute Gasteiger partial charge is 0.365 e. The molecule has 2 N–H and O–H groups in total. The number of halogens is 1. The highest BCUT2D eigenvalue weighted by Crippen LogP contribution is 2.22. The molecule has 1 aromatic heterocycles. The van der Waals surface area contributed by atoms with Gasteiger partial charge < -0.3 is 10.6 Å². The van der Waals surface area contributed by atoms with E-state index < -0.39 is 0 Å². The molecule has 0 aliphatic heterocycles. The van der Waals surface area contributed by atoms with Gasteiger partial charge in [-0.3, -0.25) is 0 Å². The number of hydrogen-bond donors (Lipinski definition) is 2. The molecule has 0 bridgehead atoms. The predicted octanol–water partition coefficient (Wildman–Crippen LogP) is 2.79. The number of anilines is 2. The minimum atomic E-state index is -0.376. The molecule has 0 radical (unpaired) electrons. The average molecular weight is 238 g/mol. The van der Waals surface area contributed by atoms with E-state index in [9.17, 15) is 4.39 Å². The van der Waals surface area contributed by atoms with Crippen molar-refractivity contribution in [1.82, 2.24) is 9.97 Å². The molecule has 0 atom stereocenters. The maximum Gasteiger partial charge on any atom is 0.224 e. The molecule has 1 saturated carbocycles. The monoisotopic (exact) mass is 238 g/mol. The van der Waals surface area contributed by atoms with E-state index in [-0.39, 0.29) is 5.82 Å². The van der Waals surface area contributed by atoms with Crippen LogP contribution >= 0.6 is 0 Å². The Morgan fingerprint density at radius 1 is 1.41 bits per heavy atom. The lowest BCUT2D eigenvalue weighted by molar-refractivity contribution is 0.610. The molecule has 0 amide bonds. The van der Waals surface area contributed by atoms with Crippen LogP contribution < -0.4 is 10.6 Å². The standard InChI is InChI=1S/C12H19FN4/c1-2-7-14-12-15-8-10(13)11(17-12)16-9-5-3-4-6-9/h8-9H,2-7H2,1H3,(H2,14,15,16,17). The highest BCUT2D eigenvalue weighted by molar-refractivity contribution is 5.41. The van der Waals surface area contributed by atoms with Crippen molar-refractivity contribution in [3.05, 3.63) is 12.0 Å². The second-order valence-electron chi connectivity index (χ2n) is 4.44. The van der Waals surface area contributed by atoms with E-state index in [1.54, 1.807) is 0 Å². The van der Waals surface area contributed by atoms with Gasteiger partial charge in [-0.1, -0.05) is 19.8 Å². The van der Waals surface area contributed by atoms with Gasteiger partial charge in [0.25, 0.3) is 0 Å². The average Bonchev–Trinajstić information content (AvgIpc) is 2.83. The van der Waals surface area contributed by atoms with E-state index in [1.807, 2.05) is 0 Å². The van der Waals surface area contributed by atoms with Crippen LogP contribution in [0.1, 0.15) is 39.0 Å². The molecule has 1 fully saturated rings. The van der Waals surface area contributed by atoms with Gasteiger partial charge in [0, 0.05) is 12.6 Å². The Balaban J connectivity index is 2.03. The lowest BCUT2D eigenvalue weighted by Gasteiger charge is -2.13.